The number of aliphatic imine (C=N–C) groups is 1. The minimum Gasteiger partial charge on any atom is -0.396 e. The number of hydrogen-bond acceptors (Lipinski definition) is 3. The zero-order valence-electron chi connectivity index (χ0n) is 18.3. The number of hydrogen-bond donors (Lipinski definition) is 1. The molecule has 27 heavy (non-hydrogen) atoms. The SMILES string of the molecule is C=C(C=Nc1cc(C(C)(C)C)n(C)c1C)C(=O)CCCCC(CO)C(C)C. The molecule has 0 amide bonds. The van der Waals surface area contributed by atoms with Gasteiger partial charge in [0.15, 0.2) is 5.78 Å². The van der Waals surface area contributed by atoms with Crippen molar-refractivity contribution in [3.63, 3.8) is 0 Å². The van der Waals surface area contributed by atoms with Crippen LogP contribution in [0.15, 0.2) is 23.2 Å². The molecular formula is C23H38N2O2. The van der Waals surface area contributed by atoms with Crippen LogP contribution in [0, 0.1) is 18.8 Å². The van der Waals surface area contributed by atoms with Gasteiger partial charge in [0, 0.05) is 48.7 Å². The lowest BCUT2D eigenvalue weighted by molar-refractivity contribution is -0.115. The lowest BCUT2D eigenvalue weighted by Crippen LogP contribution is -2.16. The summed E-state index contributed by atoms with van der Waals surface area (Å²) in [5.41, 5.74) is 3.69. The highest BCUT2D eigenvalue weighted by Crippen LogP contribution is 2.30. The molecule has 4 nitrogen and oxygen atoms in total. The summed E-state index contributed by atoms with van der Waals surface area (Å²) in [5, 5.41) is 9.37. The van der Waals surface area contributed by atoms with Gasteiger partial charge in [0.25, 0.3) is 0 Å². The zero-order valence-corrected chi connectivity index (χ0v) is 18.3. The van der Waals surface area contributed by atoms with Crippen LogP contribution in [0.3, 0.4) is 0 Å². The average Bonchev–Trinajstić information content (AvgIpc) is 2.87. The Morgan fingerprint density at radius 1 is 1.33 bits per heavy atom. The lowest BCUT2D eigenvalue weighted by Gasteiger charge is -2.19. The largest absolute Gasteiger partial charge is 0.396 e. The van der Waals surface area contributed by atoms with E-state index in [1.54, 1.807) is 6.21 Å². The average molecular weight is 375 g/mol. The van der Waals surface area contributed by atoms with E-state index in [2.05, 4.69) is 56.8 Å². The second-order valence-corrected chi connectivity index (χ2v) is 8.95. The third-order valence-corrected chi connectivity index (χ3v) is 5.40. The minimum absolute atomic E-state index is 0.0442. The molecule has 152 valence electrons. The van der Waals surface area contributed by atoms with Crippen LogP contribution in [0.1, 0.15) is 71.7 Å². The summed E-state index contributed by atoms with van der Waals surface area (Å²) in [4.78, 5) is 16.8. The molecule has 0 aliphatic heterocycles. The van der Waals surface area contributed by atoms with E-state index in [9.17, 15) is 9.90 Å². The summed E-state index contributed by atoms with van der Waals surface area (Å²) < 4.78 is 2.16. The Morgan fingerprint density at radius 2 is 1.96 bits per heavy atom. The van der Waals surface area contributed by atoms with Crippen molar-refractivity contribution in [2.24, 2.45) is 23.9 Å². The van der Waals surface area contributed by atoms with E-state index in [4.69, 9.17) is 0 Å². The Morgan fingerprint density at radius 3 is 2.44 bits per heavy atom. The van der Waals surface area contributed by atoms with E-state index >= 15 is 0 Å². The molecule has 1 unspecified atom stereocenters. The predicted molar refractivity (Wildman–Crippen MR) is 115 cm³/mol. The van der Waals surface area contributed by atoms with Gasteiger partial charge in [-0.25, -0.2) is 0 Å². The summed E-state index contributed by atoms with van der Waals surface area (Å²) in [5.74, 6) is 0.844. The Kier molecular flexibility index (Phi) is 8.67. The first kappa shape index (κ1) is 23.4. The first-order valence-electron chi connectivity index (χ1n) is 10.0. The first-order chi connectivity index (χ1) is 12.5. The van der Waals surface area contributed by atoms with Crippen molar-refractivity contribution in [3.05, 3.63) is 29.6 Å². The van der Waals surface area contributed by atoms with Crippen LogP contribution < -0.4 is 0 Å². The molecule has 1 aromatic rings. The van der Waals surface area contributed by atoms with E-state index in [1.165, 1.54) is 5.69 Å². The number of rotatable bonds is 10. The second kappa shape index (κ2) is 10.0. The number of unbranched alkanes of at least 4 members (excludes halogenated alkanes) is 1. The minimum atomic E-state index is 0.0442. The number of carbonyl (C=O) groups is 1. The molecule has 1 rings (SSSR count). The van der Waals surface area contributed by atoms with Gasteiger partial charge >= 0.3 is 0 Å². The van der Waals surface area contributed by atoms with Gasteiger partial charge in [0.2, 0.25) is 0 Å². The summed E-state index contributed by atoms with van der Waals surface area (Å²) in [6, 6.07) is 2.09. The van der Waals surface area contributed by atoms with Crippen LogP contribution in [0.5, 0.6) is 0 Å². The number of ketones is 1. The van der Waals surface area contributed by atoms with E-state index in [0.717, 1.165) is 30.6 Å². The molecule has 0 aromatic carbocycles. The fourth-order valence-corrected chi connectivity index (χ4v) is 3.24. The molecular weight excluding hydrogens is 336 g/mol. The third-order valence-electron chi connectivity index (χ3n) is 5.40. The molecule has 1 atom stereocenters. The molecule has 0 saturated carbocycles. The fraction of sp³-hybridized carbons (Fsp3) is 0.652. The molecule has 0 aliphatic rings. The van der Waals surface area contributed by atoms with Crippen molar-refractivity contribution >= 4 is 17.7 Å². The number of aliphatic hydroxyl groups excluding tert-OH is 1. The van der Waals surface area contributed by atoms with Gasteiger partial charge in [-0.1, -0.05) is 47.6 Å². The molecule has 1 aromatic heterocycles. The molecule has 1 N–H and O–H groups in total. The maximum atomic E-state index is 12.3. The number of aliphatic hydroxyl groups is 1. The Labute approximate surface area is 165 Å². The van der Waals surface area contributed by atoms with Gasteiger partial charge in [-0.2, -0.15) is 0 Å². The topological polar surface area (TPSA) is 54.6 Å². The third kappa shape index (κ3) is 6.76. The highest BCUT2D eigenvalue weighted by atomic mass is 16.3. The number of carbonyl (C=O) groups excluding carboxylic acids is 1. The van der Waals surface area contributed by atoms with Crippen molar-refractivity contribution < 1.29 is 9.90 Å². The summed E-state index contributed by atoms with van der Waals surface area (Å²) in [6.07, 6.45) is 4.82. The van der Waals surface area contributed by atoms with E-state index in [1.807, 2.05) is 14.0 Å². The van der Waals surface area contributed by atoms with E-state index in [-0.39, 0.29) is 17.8 Å². The number of nitrogens with zero attached hydrogens (tertiary/aromatic N) is 2. The standard InChI is InChI=1S/C23H38N2O2/c1-16(2)19(15-26)11-9-10-12-21(27)17(3)14-24-20-13-22(23(5,6)7)25(8)18(20)4/h13-14,16,19,26H,3,9-12,15H2,1-2,4-8H3. The van der Waals surface area contributed by atoms with Crippen molar-refractivity contribution in [2.45, 2.75) is 72.6 Å². The zero-order chi connectivity index (χ0) is 20.8. The highest BCUT2D eigenvalue weighted by molar-refractivity contribution is 6.13. The van der Waals surface area contributed by atoms with Crippen LogP contribution >= 0.6 is 0 Å². The Hall–Kier alpha value is -1.68. The van der Waals surface area contributed by atoms with Gasteiger partial charge in [-0.3, -0.25) is 9.79 Å². The second-order valence-electron chi connectivity index (χ2n) is 8.95. The summed E-state index contributed by atoms with van der Waals surface area (Å²) in [7, 11) is 2.05. The van der Waals surface area contributed by atoms with Gasteiger partial charge in [-0.05, 0) is 37.7 Å². The molecule has 0 fully saturated rings. The van der Waals surface area contributed by atoms with Crippen LogP contribution in [0.4, 0.5) is 5.69 Å². The van der Waals surface area contributed by atoms with Crippen LogP contribution in [0.2, 0.25) is 0 Å². The molecule has 0 spiro atoms. The Bertz CT molecular complexity index is 675. The van der Waals surface area contributed by atoms with Gasteiger partial charge < -0.3 is 9.67 Å². The maximum Gasteiger partial charge on any atom is 0.163 e. The van der Waals surface area contributed by atoms with E-state index < -0.39 is 0 Å². The van der Waals surface area contributed by atoms with Crippen molar-refractivity contribution in [2.75, 3.05) is 6.61 Å². The van der Waals surface area contributed by atoms with Gasteiger partial charge in [-0.15, -0.1) is 0 Å². The Balaban J connectivity index is 2.60. The molecule has 1 heterocycles. The first-order valence-corrected chi connectivity index (χ1v) is 10.0. The predicted octanol–water partition coefficient (Wildman–Crippen LogP) is 5.28. The van der Waals surface area contributed by atoms with Crippen molar-refractivity contribution in [3.8, 4) is 0 Å². The van der Waals surface area contributed by atoms with Crippen LogP contribution in [-0.4, -0.2) is 28.3 Å². The molecule has 4 heteroatoms. The van der Waals surface area contributed by atoms with E-state index in [0.29, 0.717) is 23.8 Å². The molecule has 0 aliphatic carbocycles. The number of Topliss-reactive ketones (excluding diaryl/α,β-unsaturated/α-hetero) is 1. The lowest BCUT2D eigenvalue weighted by atomic mass is 9.91. The highest BCUT2D eigenvalue weighted by Gasteiger charge is 2.20. The summed E-state index contributed by atoms with van der Waals surface area (Å²) in [6.45, 7) is 16.9. The molecule has 0 radical (unpaired) electrons. The number of allylic oxidation sites excluding steroid dienone is 1. The quantitative estimate of drug-likeness (QED) is 0.344. The molecule has 0 bridgehead atoms. The normalized spacial score (nSPS) is 13.5. The number of aromatic nitrogens is 1. The smallest absolute Gasteiger partial charge is 0.163 e. The van der Waals surface area contributed by atoms with Crippen LogP contribution in [-0.2, 0) is 17.3 Å². The van der Waals surface area contributed by atoms with Crippen LogP contribution in [0.25, 0.3) is 0 Å². The molecule has 0 saturated heterocycles. The van der Waals surface area contributed by atoms with Crippen molar-refractivity contribution in [1.29, 1.82) is 0 Å². The maximum absolute atomic E-state index is 12.3. The van der Waals surface area contributed by atoms with Crippen molar-refractivity contribution in [1.82, 2.24) is 4.57 Å². The van der Waals surface area contributed by atoms with Gasteiger partial charge in [0.05, 0.1) is 5.69 Å². The monoisotopic (exact) mass is 374 g/mol. The fourth-order valence-electron chi connectivity index (χ4n) is 3.24. The summed E-state index contributed by atoms with van der Waals surface area (Å²) >= 11 is 0. The van der Waals surface area contributed by atoms with Gasteiger partial charge in [0.1, 0.15) is 0 Å².